The van der Waals surface area contributed by atoms with E-state index >= 15 is 0 Å². The van der Waals surface area contributed by atoms with Crippen LogP contribution in [-0.4, -0.2) is 43.0 Å². The molecule has 0 unspecified atom stereocenters. The van der Waals surface area contributed by atoms with Gasteiger partial charge in [-0.2, -0.15) is 5.10 Å². The summed E-state index contributed by atoms with van der Waals surface area (Å²) in [6.45, 7) is 9.84. The summed E-state index contributed by atoms with van der Waals surface area (Å²) in [4.78, 5) is 2.31. The number of nitrogens with one attached hydrogen (secondary N) is 2. The third-order valence-corrected chi connectivity index (χ3v) is 5.05. The second kappa shape index (κ2) is 6.64. The van der Waals surface area contributed by atoms with Crippen LogP contribution in [0.5, 0.6) is 0 Å². The maximum absolute atomic E-state index is 7.34. The van der Waals surface area contributed by atoms with Gasteiger partial charge in [0.05, 0.1) is 5.71 Å². The van der Waals surface area contributed by atoms with E-state index in [1.165, 1.54) is 34.0 Å². The van der Waals surface area contributed by atoms with Crippen LogP contribution in [0.1, 0.15) is 34.7 Å². The van der Waals surface area contributed by atoms with E-state index in [9.17, 15) is 0 Å². The number of hydrazone groups is 1. The van der Waals surface area contributed by atoms with E-state index in [1.54, 1.807) is 0 Å². The number of nitrogens with two attached hydrogens (primary N) is 1. The van der Waals surface area contributed by atoms with Crippen molar-refractivity contribution in [2.24, 2.45) is 10.9 Å². The molecular formula is C18H25N5. The van der Waals surface area contributed by atoms with Crippen LogP contribution in [0.3, 0.4) is 0 Å². The molecule has 1 aromatic rings. The minimum absolute atomic E-state index is 0.313. The van der Waals surface area contributed by atoms with Crippen molar-refractivity contribution in [3.63, 3.8) is 0 Å². The monoisotopic (exact) mass is 311 g/mol. The highest BCUT2D eigenvalue weighted by Gasteiger charge is 2.25. The normalized spacial score (nSPS) is 22.2. The third kappa shape index (κ3) is 3.07. The number of piperazine rings is 1. The van der Waals surface area contributed by atoms with Crippen molar-refractivity contribution in [3.8, 4) is 0 Å². The highest BCUT2D eigenvalue weighted by atomic mass is 15.2. The number of hydrogen-bond acceptors (Lipinski definition) is 5. The van der Waals surface area contributed by atoms with Gasteiger partial charge in [0, 0.05) is 38.4 Å². The van der Waals surface area contributed by atoms with Crippen molar-refractivity contribution < 1.29 is 0 Å². The molecule has 0 radical (unpaired) electrons. The van der Waals surface area contributed by atoms with Crippen LogP contribution in [0.4, 0.5) is 0 Å². The van der Waals surface area contributed by atoms with E-state index in [4.69, 9.17) is 11.3 Å². The van der Waals surface area contributed by atoms with Crippen LogP contribution in [-0.2, 0) is 6.42 Å². The second-order valence-electron chi connectivity index (χ2n) is 6.42. The van der Waals surface area contributed by atoms with Crippen molar-refractivity contribution >= 4 is 17.5 Å². The Morgan fingerprint density at radius 2 is 2.35 bits per heavy atom. The van der Waals surface area contributed by atoms with E-state index in [1.807, 2.05) is 0 Å². The van der Waals surface area contributed by atoms with Gasteiger partial charge in [-0.1, -0.05) is 18.7 Å². The van der Waals surface area contributed by atoms with Crippen molar-refractivity contribution in [2.75, 3.05) is 26.2 Å². The fourth-order valence-corrected chi connectivity index (χ4v) is 3.73. The molecule has 0 bridgehead atoms. The molecule has 0 spiro atoms. The zero-order chi connectivity index (χ0) is 16.4. The standard InChI is InChI=1S/C18H25N5/c1-12-3-4-16-13(2)17(6-5-15(12)16)18-11-23(8-7-21-18)10-14(9-19)22-20/h5-6,9,18-19,21H,1,3-4,7-8,10-11,20H2,2H3/b19-9?,22-14+/t18-/m0/s1. The molecule has 23 heavy (non-hydrogen) atoms. The average Bonchev–Trinajstić information content (AvgIpc) is 2.95. The van der Waals surface area contributed by atoms with Crippen molar-refractivity contribution in [3.05, 3.63) is 41.0 Å². The molecule has 4 N–H and O–H groups in total. The second-order valence-corrected chi connectivity index (χ2v) is 6.42. The minimum atomic E-state index is 0.313. The first-order valence-electron chi connectivity index (χ1n) is 8.17. The molecule has 1 fully saturated rings. The summed E-state index contributed by atoms with van der Waals surface area (Å²) in [6, 6.07) is 4.80. The molecular weight excluding hydrogens is 286 g/mol. The van der Waals surface area contributed by atoms with Gasteiger partial charge in [-0.3, -0.25) is 4.90 Å². The molecule has 5 heteroatoms. The largest absolute Gasteiger partial charge is 0.323 e. The summed E-state index contributed by atoms with van der Waals surface area (Å²) in [7, 11) is 0. The molecule has 1 aromatic carbocycles. The first-order chi connectivity index (χ1) is 11.1. The van der Waals surface area contributed by atoms with Gasteiger partial charge < -0.3 is 16.6 Å². The number of hydrogen-bond donors (Lipinski definition) is 3. The van der Waals surface area contributed by atoms with Crippen LogP contribution >= 0.6 is 0 Å². The lowest BCUT2D eigenvalue weighted by atomic mass is 9.92. The Morgan fingerprint density at radius 1 is 1.52 bits per heavy atom. The van der Waals surface area contributed by atoms with E-state index < -0.39 is 0 Å². The quantitative estimate of drug-likeness (QED) is 0.451. The fraction of sp³-hybridized carbons (Fsp3) is 0.444. The van der Waals surface area contributed by atoms with E-state index in [0.29, 0.717) is 18.3 Å². The molecule has 1 aliphatic heterocycles. The van der Waals surface area contributed by atoms with Gasteiger partial charge in [-0.25, -0.2) is 0 Å². The molecule has 0 amide bonds. The summed E-state index contributed by atoms with van der Waals surface area (Å²) in [5, 5.41) is 14.6. The Balaban J connectivity index is 1.79. The molecule has 1 atom stereocenters. The lowest BCUT2D eigenvalue weighted by Crippen LogP contribution is -2.47. The first kappa shape index (κ1) is 15.9. The van der Waals surface area contributed by atoms with E-state index in [0.717, 1.165) is 32.5 Å². The molecule has 2 aliphatic rings. The summed E-state index contributed by atoms with van der Waals surface area (Å²) in [5.41, 5.74) is 7.48. The number of nitrogens with zero attached hydrogens (tertiary/aromatic N) is 2. The number of allylic oxidation sites excluding steroid dienone is 1. The Morgan fingerprint density at radius 3 is 3.09 bits per heavy atom. The highest BCUT2D eigenvalue weighted by Crippen LogP contribution is 2.36. The fourth-order valence-electron chi connectivity index (χ4n) is 3.73. The maximum Gasteiger partial charge on any atom is 0.0915 e. The van der Waals surface area contributed by atoms with Crippen LogP contribution in [0.25, 0.3) is 5.57 Å². The molecule has 1 heterocycles. The van der Waals surface area contributed by atoms with Crippen molar-refractivity contribution in [2.45, 2.75) is 25.8 Å². The Bertz CT molecular complexity index is 662. The third-order valence-electron chi connectivity index (χ3n) is 5.05. The van der Waals surface area contributed by atoms with Crippen LogP contribution in [0, 0.1) is 12.3 Å². The molecule has 1 aliphatic carbocycles. The number of rotatable bonds is 4. The van der Waals surface area contributed by atoms with Crippen LogP contribution in [0.15, 0.2) is 23.8 Å². The van der Waals surface area contributed by atoms with E-state index in [2.05, 4.69) is 41.0 Å². The molecule has 1 saturated heterocycles. The summed E-state index contributed by atoms with van der Waals surface area (Å²) < 4.78 is 0. The predicted octanol–water partition coefficient (Wildman–Crippen LogP) is 1.86. The number of benzene rings is 1. The van der Waals surface area contributed by atoms with Crippen LogP contribution in [0.2, 0.25) is 0 Å². The van der Waals surface area contributed by atoms with Gasteiger partial charge in [0.25, 0.3) is 0 Å². The molecule has 5 nitrogen and oxygen atoms in total. The van der Waals surface area contributed by atoms with E-state index in [-0.39, 0.29) is 0 Å². The van der Waals surface area contributed by atoms with Gasteiger partial charge in [0.2, 0.25) is 0 Å². The van der Waals surface area contributed by atoms with Gasteiger partial charge in [-0.15, -0.1) is 0 Å². The smallest absolute Gasteiger partial charge is 0.0915 e. The number of fused-ring (bicyclic) bond motifs is 1. The van der Waals surface area contributed by atoms with Crippen LogP contribution < -0.4 is 11.2 Å². The first-order valence-corrected chi connectivity index (χ1v) is 8.17. The molecule has 0 saturated carbocycles. The zero-order valence-electron chi connectivity index (χ0n) is 13.7. The highest BCUT2D eigenvalue weighted by molar-refractivity contribution is 6.30. The molecule has 122 valence electrons. The Hall–Kier alpha value is -1.98. The predicted molar refractivity (Wildman–Crippen MR) is 96.1 cm³/mol. The SMILES string of the molecule is C=C1CCc2c1ccc([C@@H]1CN(C/C(C=N)=N/N)CCN1)c2C. The summed E-state index contributed by atoms with van der Waals surface area (Å²) in [5.74, 6) is 5.33. The lowest BCUT2D eigenvalue weighted by Gasteiger charge is -2.34. The topological polar surface area (TPSA) is 77.5 Å². The Kier molecular flexibility index (Phi) is 4.59. The molecule has 0 aromatic heterocycles. The average molecular weight is 311 g/mol. The zero-order valence-corrected chi connectivity index (χ0v) is 13.7. The van der Waals surface area contributed by atoms with Gasteiger partial charge in [0.15, 0.2) is 0 Å². The van der Waals surface area contributed by atoms with Crippen molar-refractivity contribution in [1.82, 2.24) is 10.2 Å². The van der Waals surface area contributed by atoms with Gasteiger partial charge >= 0.3 is 0 Å². The Labute approximate surface area is 137 Å². The van der Waals surface area contributed by atoms with Crippen molar-refractivity contribution in [1.29, 1.82) is 5.41 Å². The van der Waals surface area contributed by atoms with Gasteiger partial charge in [0.1, 0.15) is 0 Å². The van der Waals surface area contributed by atoms with Gasteiger partial charge in [-0.05, 0) is 47.6 Å². The summed E-state index contributed by atoms with van der Waals surface area (Å²) in [6.07, 6.45) is 3.44. The molecule has 3 rings (SSSR count). The summed E-state index contributed by atoms with van der Waals surface area (Å²) >= 11 is 0. The lowest BCUT2D eigenvalue weighted by molar-refractivity contribution is 0.225. The minimum Gasteiger partial charge on any atom is -0.323 e. The maximum atomic E-state index is 7.34.